The summed E-state index contributed by atoms with van der Waals surface area (Å²) in [6.07, 6.45) is 3.44. The Morgan fingerprint density at radius 2 is 2.06 bits per heavy atom. The smallest absolute Gasteiger partial charge is 0.224 e. The summed E-state index contributed by atoms with van der Waals surface area (Å²) >= 11 is 0. The van der Waals surface area contributed by atoms with Gasteiger partial charge in [-0.2, -0.15) is 0 Å². The van der Waals surface area contributed by atoms with E-state index in [1.54, 1.807) is 6.92 Å². The van der Waals surface area contributed by atoms with Gasteiger partial charge in [-0.25, -0.2) is 0 Å². The number of amides is 1. The van der Waals surface area contributed by atoms with Crippen molar-refractivity contribution in [1.29, 1.82) is 0 Å². The van der Waals surface area contributed by atoms with Gasteiger partial charge in [-0.3, -0.25) is 4.79 Å². The fourth-order valence-corrected chi connectivity index (χ4v) is 3.37. The molecule has 2 rings (SSSR count). The molecule has 0 aliphatic carbocycles. The van der Waals surface area contributed by atoms with Crippen molar-refractivity contribution in [3.63, 3.8) is 0 Å². The zero-order valence-corrected chi connectivity index (χ0v) is 11.9. The lowest BCUT2D eigenvalue weighted by Crippen LogP contribution is -2.51. The summed E-state index contributed by atoms with van der Waals surface area (Å²) in [5.41, 5.74) is 2.37. The second-order valence-corrected chi connectivity index (χ2v) is 5.92. The summed E-state index contributed by atoms with van der Waals surface area (Å²) < 4.78 is 0. The molecule has 1 aromatic carbocycles. The third kappa shape index (κ3) is 2.16. The molecule has 18 heavy (non-hydrogen) atoms. The van der Waals surface area contributed by atoms with Crippen molar-refractivity contribution in [3.8, 4) is 0 Å². The highest BCUT2D eigenvalue weighted by atomic mass is 16.2. The van der Waals surface area contributed by atoms with Gasteiger partial charge in [0.15, 0.2) is 0 Å². The van der Waals surface area contributed by atoms with E-state index in [2.05, 4.69) is 39.0 Å². The highest BCUT2D eigenvalue weighted by Gasteiger charge is 2.39. The van der Waals surface area contributed by atoms with Crippen LogP contribution < -0.4 is 4.90 Å². The molecule has 0 saturated carbocycles. The van der Waals surface area contributed by atoms with E-state index in [0.29, 0.717) is 5.92 Å². The van der Waals surface area contributed by atoms with E-state index in [-0.39, 0.29) is 11.4 Å². The molecule has 2 nitrogen and oxygen atoms in total. The van der Waals surface area contributed by atoms with Gasteiger partial charge >= 0.3 is 0 Å². The van der Waals surface area contributed by atoms with E-state index >= 15 is 0 Å². The van der Waals surface area contributed by atoms with E-state index in [4.69, 9.17) is 0 Å². The van der Waals surface area contributed by atoms with E-state index in [1.165, 1.54) is 18.4 Å². The largest absolute Gasteiger partial charge is 0.307 e. The van der Waals surface area contributed by atoms with Crippen molar-refractivity contribution in [3.05, 3.63) is 29.8 Å². The molecule has 0 spiro atoms. The average Bonchev–Trinajstić information content (AvgIpc) is 2.27. The Balaban J connectivity index is 2.52. The number of hydrogen-bond acceptors (Lipinski definition) is 1. The first-order valence-electron chi connectivity index (χ1n) is 6.87. The molecule has 98 valence electrons. The summed E-state index contributed by atoms with van der Waals surface area (Å²) in [7, 11) is 0. The fourth-order valence-electron chi connectivity index (χ4n) is 3.37. The first-order valence-corrected chi connectivity index (χ1v) is 6.87. The van der Waals surface area contributed by atoms with Gasteiger partial charge in [0.05, 0.1) is 0 Å². The van der Waals surface area contributed by atoms with Crippen molar-refractivity contribution in [2.75, 3.05) is 4.90 Å². The Labute approximate surface area is 110 Å². The van der Waals surface area contributed by atoms with Crippen LogP contribution in [0.5, 0.6) is 0 Å². The highest BCUT2D eigenvalue weighted by Crippen LogP contribution is 2.45. The van der Waals surface area contributed by atoms with Gasteiger partial charge in [0, 0.05) is 18.2 Å². The van der Waals surface area contributed by atoms with Gasteiger partial charge in [-0.15, -0.1) is 0 Å². The van der Waals surface area contributed by atoms with Gasteiger partial charge in [0.1, 0.15) is 0 Å². The molecular weight excluding hydrogens is 222 g/mol. The summed E-state index contributed by atoms with van der Waals surface area (Å²) in [4.78, 5) is 13.9. The van der Waals surface area contributed by atoms with Crippen LogP contribution in [0.3, 0.4) is 0 Å². The van der Waals surface area contributed by atoms with Crippen molar-refractivity contribution in [2.45, 2.75) is 58.4 Å². The Morgan fingerprint density at radius 3 is 2.67 bits per heavy atom. The van der Waals surface area contributed by atoms with Crippen molar-refractivity contribution in [2.24, 2.45) is 0 Å². The second-order valence-electron chi connectivity index (χ2n) is 5.92. The average molecular weight is 245 g/mol. The SMILES string of the molecule is CCCC1CC(C)(C)N(C(C)=O)c2ccccc21. The summed E-state index contributed by atoms with van der Waals surface area (Å²) in [5, 5.41) is 0. The number of carbonyl (C=O) groups excluding carboxylic acids is 1. The molecule has 1 heterocycles. The normalized spacial score (nSPS) is 21.6. The van der Waals surface area contributed by atoms with Crippen LogP contribution in [0.4, 0.5) is 5.69 Å². The van der Waals surface area contributed by atoms with Crippen LogP contribution in [0.25, 0.3) is 0 Å². The second kappa shape index (κ2) is 4.75. The number of carbonyl (C=O) groups is 1. The summed E-state index contributed by atoms with van der Waals surface area (Å²) in [6.45, 7) is 8.24. The van der Waals surface area contributed by atoms with Crippen molar-refractivity contribution < 1.29 is 4.79 Å². The Hall–Kier alpha value is -1.31. The zero-order chi connectivity index (χ0) is 13.3. The first kappa shape index (κ1) is 13.1. The highest BCUT2D eigenvalue weighted by molar-refractivity contribution is 5.94. The minimum absolute atomic E-state index is 0.0833. The standard InChI is InChI=1S/C16H23NO/c1-5-8-13-11-16(3,4)17(12(2)18)15-10-7-6-9-14(13)15/h6-7,9-10,13H,5,8,11H2,1-4H3. The molecule has 2 heteroatoms. The van der Waals surface area contributed by atoms with Gasteiger partial charge in [-0.1, -0.05) is 31.5 Å². The number of nitrogens with zero attached hydrogens (tertiary/aromatic N) is 1. The molecule has 1 unspecified atom stereocenters. The molecule has 0 bridgehead atoms. The van der Waals surface area contributed by atoms with Crippen LogP contribution in [0.1, 0.15) is 58.4 Å². The number of hydrogen-bond donors (Lipinski definition) is 0. The molecule has 0 fully saturated rings. The maximum absolute atomic E-state index is 12.0. The predicted octanol–water partition coefficient (Wildman–Crippen LogP) is 4.11. The van der Waals surface area contributed by atoms with Crippen molar-refractivity contribution in [1.82, 2.24) is 0 Å². The Kier molecular flexibility index (Phi) is 3.47. The molecule has 1 aromatic rings. The number of para-hydroxylation sites is 1. The first-order chi connectivity index (χ1) is 8.47. The topological polar surface area (TPSA) is 20.3 Å². The molecule has 1 amide bonds. The summed E-state index contributed by atoms with van der Waals surface area (Å²) in [5.74, 6) is 0.721. The minimum atomic E-state index is -0.0833. The van der Waals surface area contributed by atoms with E-state index in [1.807, 2.05) is 11.0 Å². The van der Waals surface area contributed by atoms with Crippen LogP contribution >= 0.6 is 0 Å². The van der Waals surface area contributed by atoms with Gasteiger partial charge in [0.2, 0.25) is 5.91 Å². The molecule has 1 atom stereocenters. The number of benzene rings is 1. The monoisotopic (exact) mass is 245 g/mol. The fraction of sp³-hybridized carbons (Fsp3) is 0.562. The maximum Gasteiger partial charge on any atom is 0.224 e. The molecule has 0 N–H and O–H groups in total. The Morgan fingerprint density at radius 1 is 1.39 bits per heavy atom. The third-order valence-electron chi connectivity index (χ3n) is 3.92. The van der Waals surface area contributed by atoms with E-state index in [0.717, 1.165) is 12.1 Å². The van der Waals surface area contributed by atoms with Gasteiger partial charge in [-0.05, 0) is 44.2 Å². The van der Waals surface area contributed by atoms with Crippen LogP contribution in [0.2, 0.25) is 0 Å². The van der Waals surface area contributed by atoms with Gasteiger partial charge in [0.25, 0.3) is 0 Å². The van der Waals surface area contributed by atoms with Crippen LogP contribution in [0.15, 0.2) is 24.3 Å². The number of fused-ring (bicyclic) bond motifs is 1. The molecular formula is C16H23NO. The quantitative estimate of drug-likeness (QED) is 0.768. The minimum Gasteiger partial charge on any atom is -0.307 e. The molecule has 0 saturated heterocycles. The molecule has 0 radical (unpaired) electrons. The maximum atomic E-state index is 12.0. The lowest BCUT2D eigenvalue weighted by Gasteiger charge is -2.46. The van der Waals surface area contributed by atoms with Crippen LogP contribution in [0, 0.1) is 0 Å². The molecule has 1 aliphatic rings. The zero-order valence-electron chi connectivity index (χ0n) is 11.9. The van der Waals surface area contributed by atoms with Gasteiger partial charge < -0.3 is 4.90 Å². The van der Waals surface area contributed by atoms with E-state index in [9.17, 15) is 4.79 Å². The third-order valence-corrected chi connectivity index (χ3v) is 3.92. The van der Waals surface area contributed by atoms with E-state index < -0.39 is 0 Å². The van der Waals surface area contributed by atoms with Crippen LogP contribution in [-0.2, 0) is 4.79 Å². The lowest BCUT2D eigenvalue weighted by molar-refractivity contribution is -0.117. The molecule has 0 aromatic heterocycles. The van der Waals surface area contributed by atoms with Crippen LogP contribution in [-0.4, -0.2) is 11.4 Å². The molecule has 1 aliphatic heterocycles. The Bertz CT molecular complexity index is 450. The number of rotatable bonds is 2. The number of anilines is 1. The predicted molar refractivity (Wildman–Crippen MR) is 75.9 cm³/mol. The lowest BCUT2D eigenvalue weighted by atomic mass is 9.77. The summed E-state index contributed by atoms with van der Waals surface area (Å²) in [6, 6.07) is 8.37. The van der Waals surface area contributed by atoms with Crippen molar-refractivity contribution >= 4 is 11.6 Å².